The smallest absolute Gasteiger partial charge is 0.347 e. The SMILES string of the molecule is COc1ccccc1C(=O)Oc1ccc2c(c1)O/C(=C\c1ccccn1)C2=O. The van der Waals surface area contributed by atoms with Crippen LogP contribution >= 0.6 is 0 Å². The zero-order chi connectivity index (χ0) is 19.5. The van der Waals surface area contributed by atoms with E-state index in [1.54, 1.807) is 60.8 Å². The van der Waals surface area contributed by atoms with Crippen molar-refractivity contribution in [2.75, 3.05) is 7.11 Å². The summed E-state index contributed by atoms with van der Waals surface area (Å²) in [6.45, 7) is 0. The van der Waals surface area contributed by atoms with Crippen LogP contribution in [0, 0.1) is 0 Å². The topological polar surface area (TPSA) is 74.7 Å². The summed E-state index contributed by atoms with van der Waals surface area (Å²) < 4.78 is 16.2. The summed E-state index contributed by atoms with van der Waals surface area (Å²) in [6.07, 6.45) is 3.21. The fraction of sp³-hybridized carbons (Fsp3) is 0.0455. The number of nitrogens with zero attached hydrogens (tertiary/aromatic N) is 1. The third-order valence-corrected chi connectivity index (χ3v) is 4.15. The first-order chi connectivity index (χ1) is 13.7. The van der Waals surface area contributed by atoms with E-state index in [1.165, 1.54) is 13.2 Å². The molecule has 138 valence electrons. The van der Waals surface area contributed by atoms with Crippen molar-refractivity contribution in [2.24, 2.45) is 0 Å². The quantitative estimate of drug-likeness (QED) is 0.392. The van der Waals surface area contributed by atoms with E-state index in [4.69, 9.17) is 14.2 Å². The number of esters is 1. The molecule has 6 nitrogen and oxygen atoms in total. The van der Waals surface area contributed by atoms with Gasteiger partial charge in [0, 0.05) is 18.3 Å². The van der Waals surface area contributed by atoms with Crippen molar-refractivity contribution in [3.8, 4) is 17.2 Å². The van der Waals surface area contributed by atoms with E-state index in [-0.39, 0.29) is 17.3 Å². The summed E-state index contributed by atoms with van der Waals surface area (Å²) in [5, 5.41) is 0. The molecule has 1 aromatic heterocycles. The minimum atomic E-state index is -0.564. The molecule has 0 fully saturated rings. The fourth-order valence-corrected chi connectivity index (χ4v) is 2.80. The standard InChI is InChI=1S/C22H15NO5/c1-26-18-8-3-2-7-17(18)22(25)27-15-9-10-16-19(13-15)28-20(21(16)24)12-14-6-4-5-11-23-14/h2-13H,1H3/b20-12-. The number of allylic oxidation sites excluding steroid dienone is 1. The van der Waals surface area contributed by atoms with Crippen LogP contribution in [0.2, 0.25) is 0 Å². The molecular formula is C22H15NO5. The van der Waals surface area contributed by atoms with Crippen molar-refractivity contribution in [1.82, 2.24) is 4.98 Å². The molecule has 0 radical (unpaired) electrons. The second-order valence-corrected chi connectivity index (χ2v) is 5.94. The van der Waals surface area contributed by atoms with Crippen LogP contribution in [0.5, 0.6) is 17.2 Å². The Morgan fingerprint density at radius 2 is 1.89 bits per heavy atom. The first-order valence-electron chi connectivity index (χ1n) is 8.50. The molecule has 28 heavy (non-hydrogen) atoms. The Morgan fingerprint density at radius 3 is 2.68 bits per heavy atom. The van der Waals surface area contributed by atoms with E-state index < -0.39 is 5.97 Å². The Kier molecular flexibility index (Phi) is 4.60. The number of carbonyl (C=O) groups is 2. The van der Waals surface area contributed by atoms with E-state index in [9.17, 15) is 9.59 Å². The zero-order valence-corrected chi connectivity index (χ0v) is 14.9. The first-order valence-corrected chi connectivity index (χ1v) is 8.50. The minimum absolute atomic E-state index is 0.168. The van der Waals surface area contributed by atoms with Gasteiger partial charge in [-0.3, -0.25) is 9.78 Å². The second kappa shape index (κ2) is 7.36. The van der Waals surface area contributed by atoms with Crippen LogP contribution < -0.4 is 14.2 Å². The van der Waals surface area contributed by atoms with Gasteiger partial charge >= 0.3 is 5.97 Å². The van der Waals surface area contributed by atoms with Gasteiger partial charge in [0.25, 0.3) is 0 Å². The minimum Gasteiger partial charge on any atom is -0.496 e. The predicted molar refractivity (Wildman–Crippen MR) is 102 cm³/mol. The maximum absolute atomic E-state index is 12.5. The Balaban J connectivity index is 1.57. The number of aromatic nitrogens is 1. The number of fused-ring (bicyclic) bond motifs is 1. The van der Waals surface area contributed by atoms with Gasteiger partial charge in [-0.25, -0.2) is 4.79 Å². The van der Waals surface area contributed by atoms with E-state index in [2.05, 4.69) is 4.98 Å². The average Bonchev–Trinajstić information content (AvgIpc) is 3.03. The number of benzene rings is 2. The molecule has 3 aromatic rings. The van der Waals surface area contributed by atoms with Gasteiger partial charge < -0.3 is 14.2 Å². The molecule has 0 bridgehead atoms. The largest absolute Gasteiger partial charge is 0.496 e. The Labute approximate surface area is 161 Å². The Morgan fingerprint density at radius 1 is 1.07 bits per heavy atom. The summed E-state index contributed by atoms with van der Waals surface area (Å²) in [5.74, 6) is 0.371. The van der Waals surface area contributed by atoms with Crippen LogP contribution in [-0.4, -0.2) is 23.8 Å². The van der Waals surface area contributed by atoms with Crippen LogP contribution in [0.15, 0.2) is 72.6 Å². The van der Waals surface area contributed by atoms with Gasteiger partial charge in [0.05, 0.1) is 18.4 Å². The number of hydrogen-bond donors (Lipinski definition) is 0. The molecule has 0 N–H and O–H groups in total. The molecule has 0 saturated carbocycles. The van der Waals surface area contributed by atoms with Crippen molar-refractivity contribution in [1.29, 1.82) is 0 Å². The molecule has 0 amide bonds. The number of rotatable bonds is 4. The number of carbonyl (C=O) groups excluding carboxylic acids is 2. The molecule has 6 heteroatoms. The Hall–Kier alpha value is -3.93. The lowest BCUT2D eigenvalue weighted by Gasteiger charge is -2.08. The van der Waals surface area contributed by atoms with Gasteiger partial charge in [-0.15, -0.1) is 0 Å². The van der Waals surface area contributed by atoms with Crippen molar-refractivity contribution in [3.63, 3.8) is 0 Å². The molecule has 1 aliphatic heterocycles. The zero-order valence-electron chi connectivity index (χ0n) is 14.9. The monoisotopic (exact) mass is 373 g/mol. The predicted octanol–water partition coefficient (Wildman–Crippen LogP) is 3.93. The van der Waals surface area contributed by atoms with Crippen molar-refractivity contribution >= 4 is 17.8 Å². The van der Waals surface area contributed by atoms with Crippen molar-refractivity contribution < 1.29 is 23.8 Å². The van der Waals surface area contributed by atoms with Crippen LogP contribution in [-0.2, 0) is 0 Å². The lowest BCUT2D eigenvalue weighted by atomic mass is 10.1. The molecule has 2 aromatic carbocycles. The molecular weight excluding hydrogens is 358 g/mol. The molecule has 1 aliphatic rings. The third-order valence-electron chi connectivity index (χ3n) is 4.15. The number of pyridine rings is 1. The first kappa shape index (κ1) is 17.5. The number of para-hydroxylation sites is 1. The van der Waals surface area contributed by atoms with E-state index in [0.717, 1.165) is 0 Å². The fourth-order valence-electron chi connectivity index (χ4n) is 2.80. The van der Waals surface area contributed by atoms with Gasteiger partial charge in [0.2, 0.25) is 5.78 Å². The second-order valence-electron chi connectivity index (χ2n) is 5.94. The van der Waals surface area contributed by atoms with Gasteiger partial charge in [-0.1, -0.05) is 18.2 Å². The summed E-state index contributed by atoms with van der Waals surface area (Å²) >= 11 is 0. The van der Waals surface area contributed by atoms with E-state index in [1.807, 2.05) is 6.07 Å². The molecule has 2 heterocycles. The van der Waals surface area contributed by atoms with Crippen LogP contribution in [0.3, 0.4) is 0 Å². The van der Waals surface area contributed by atoms with Gasteiger partial charge in [0.1, 0.15) is 22.8 Å². The number of ether oxygens (including phenoxy) is 3. The molecule has 0 saturated heterocycles. The number of Topliss-reactive ketones (excluding diaryl/α,β-unsaturated/α-hetero) is 1. The van der Waals surface area contributed by atoms with Crippen molar-refractivity contribution in [3.05, 3.63) is 89.4 Å². The number of hydrogen-bond acceptors (Lipinski definition) is 6. The van der Waals surface area contributed by atoms with Crippen LogP contribution in [0.1, 0.15) is 26.4 Å². The average molecular weight is 373 g/mol. The lowest BCUT2D eigenvalue weighted by molar-refractivity contribution is 0.0731. The highest BCUT2D eigenvalue weighted by Crippen LogP contribution is 2.35. The maximum atomic E-state index is 12.5. The summed E-state index contributed by atoms with van der Waals surface area (Å²) in [6, 6.07) is 16.8. The van der Waals surface area contributed by atoms with E-state index in [0.29, 0.717) is 28.3 Å². The molecule has 0 spiro atoms. The molecule has 0 atom stereocenters. The van der Waals surface area contributed by atoms with Crippen molar-refractivity contribution in [2.45, 2.75) is 0 Å². The highest BCUT2D eigenvalue weighted by Gasteiger charge is 2.28. The summed E-state index contributed by atoms with van der Waals surface area (Å²) in [4.78, 5) is 29.1. The Bertz CT molecular complexity index is 1090. The highest BCUT2D eigenvalue weighted by molar-refractivity contribution is 6.14. The highest BCUT2D eigenvalue weighted by atomic mass is 16.5. The number of methoxy groups -OCH3 is 1. The van der Waals surface area contributed by atoms with Gasteiger partial charge in [-0.2, -0.15) is 0 Å². The molecule has 4 rings (SSSR count). The molecule has 0 aliphatic carbocycles. The van der Waals surface area contributed by atoms with E-state index >= 15 is 0 Å². The maximum Gasteiger partial charge on any atom is 0.347 e. The lowest BCUT2D eigenvalue weighted by Crippen LogP contribution is -2.10. The van der Waals surface area contributed by atoms with Gasteiger partial charge in [0.15, 0.2) is 5.76 Å². The third kappa shape index (κ3) is 3.35. The van der Waals surface area contributed by atoms with Gasteiger partial charge in [-0.05, 0) is 36.4 Å². The summed E-state index contributed by atoms with van der Waals surface area (Å²) in [5.41, 5.74) is 1.32. The molecule has 0 unspecified atom stereocenters. The van der Waals surface area contributed by atoms with Crippen LogP contribution in [0.25, 0.3) is 6.08 Å². The van der Waals surface area contributed by atoms with Crippen LogP contribution in [0.4, 0.5) is 0 Å². The number of ketones is 1. The summed E-state index contributed by atoms with van der Waals surface area (Å²) in [7, 11) is 1.48. The normalized spacial score (nSPS) is 13.8.